The largest absolute Gasteiger partial charge is 0.363 e. The van der Waals surface area contributed by atoms with E-state index < -0.39 is 0 Å². The SMILES string of the molecule is CCCSC1=NCC(N=Nc2ccc(C)cc2)CN1. The van der Waals surface area contributed by atoms with Gasteiger partial charge in [0.05, 0.1) is 12.2 Å². The average molecular weight is 276 g/mol. The van der Waals surface area contributed by atoms with E-state index in [1.165, 1.54) is 12.0 Å². The molecule has 1 atom stereocenters. The summed E-state index contributed by atoms with van der Waals surface area (Å²) in [6.45, 7) is 5.80. The van der Waals surface area contributed by atoms with E-state index in [0.717, 1.165) is 29.7 Å². The van der Waals surface area contributed by atoms with Crippen molar-refractivity contribution in [2.45, 2.75) is 26.3 Å². The molecule has 1 N–H and O–H groups in total. The third-order valence-corrected chi connectivity index (χ3v) is 3.91. The van der Waals surface area contributed by atoms with Gasteiger partial charge in [0.25, 0.3) is 0 Å². The molecule has 1 heterocycles. The average Bonchev–Trinajstić information content (AvgIpc) is 2.46. The maximum Gasteiger partial charge on any atom is 0.156 e. The molecule has 102 valence electrons. The molecular weight excluding hydrogens is 256 g/mol. The predicted molar refractivity (Wildman–Crippen MR) is 82.5 cm³/mol. The van der Waals surface area contributed by atoms with E-state index in [4.69, 9.17) is 0 Å². The van der Waals surface area contributed by atoms with E-state index in [1.807, 2.05) is 24.3 Å². The van der Waals surface area contributed by atoms with Crippen LogP contribution in [0.15, 0.2) is 39.5 Å². The summed E-state index contributed by atoms with van der Waals surface area (Å²) in [7, 11) is 0. The molecule has 0 radical (unpaired) electrons. The zero-order chi connectivity index (χ0) is 13.5. The maximum absolute atomic E-state index is 4.49. The Labute approximate surface area is 118 Å². The lowest BCUT2D eigenvalue weighted by Gasteiger charge is -2.18. The van der Waals surface area contributed by atoms with Gasteiger partial charge in [-0.25, -0.2) is 0 Å². The van der Waals surface area contributed by atoms with Gasteiger partial charge in [-0.2, -0.15) is 10.2 Å². The fraction of sp³-hybridized carbons (Fsp3) is 0.500. The van der Waals surface area contributed by atoms with Gasteiger partial charge in [-0.05, 0) is 25.5 Å². The van der Waals surface area contributed by atoms with E-state index >= 15 is 0 Å². The van der Waals surface area contributed by atoms with Crippen LogP contribution in [-0.4, -0.2) is 30.1 Å². The number of aryl methyl sites for hydroxylation is 1. The van der Waals surface area contributed by atoms with Gasteiger partial charge >= 0.3 is 0 Å². The van der Waals surface area contributed by atoms with Crippen molar-refractivity contribution in [2.24, 2.45) is 15.2 Å². The smallest absolute Gasteiger partial charge is 0.156 e. The molecule has 5 heteroatoms. The van der Waals surface area contributed by atoms with Crippen LogP contribution in [0.5, 0.6) is 0 Å². The number of aliphatic imine (C=N–C) groups is 1. The standard InChI is InChI=1S/C14H20N4S/c1-3-8-19-14-15-9-13(10-16-14)18-17-12-6-4-11(2)5-7-12/h4-7,13H,3,8-10H2,1-2H3,(H,15,16). The number of rotatable bonds is 4. The van der Waals surface area contributed by atoms with Crippen LogP contribution in [0.2, 0.25) is 0 Å². The molecule has 0 fully saturated rings. The van der Waals surface area contributed by atoms with Gasteiger partial charge in [-0.3, -0.25) is 4.99 Å². The minimum Gasteiger partial charge on any atom is -0.363 e. The number of benzene rings is 1. The van der Waals surface area contributed by atoms with Crippen molar-refractivity contribution in [1.82, 2.24) is 5.32 Å². The van der Waals surface area contributed by atoms with Gasteiger partial charge in [-0.15, -0.1) is 0 Å². The molecule has 2 rings (SSSR count). The van der Waals surface area contributed by atoms with Gasteiger partial charge in [0.1, 0.15) is 6.04 Å². The number of thioether (sulfide) groups is 1. The fourth-order valence-corrected chi connectivity index (χ4v) is 2.40. The van der Waals surface area contributed by atoms with Gasteiger partial charge in [-0.1, -0.05) is 36.4 Å². The summed E-state index contributed by atoms with van der Waals surface area (Å²) in [5.74, 6) is 1.11. The highest BCUT2D eigenvalue weighted by molar-refractivity contribution is 8.13. The number of hydrogen-bond donors (Lipinski definition) is 1. The summed E-state index contributed by atoms with van der Waals surface area (Å²) in [6, 6.07) is 8.21. The fourth-order valence-electron chi connectivity index (χ4n) is 1.65. The Balaban J connectivity index is 1.85. The van der Waals surface area contributed by atoms with Crippen molar-refractivity contribution >= 4 is 22.6 Å². The van der Waals surface area contributed by atoms with E-state index in [2.05, 4.69) is 34.4 Å². The first-order valence-corrected chi connectivity index (χ1v) is 7.65. The summed E-state index contributed by atoms with van der Waals surface area (Å²) in [4.78, 5) is 4.49. The Morgan fingerprint density at radius 2 is 2.16 bits per heavy atom. The van der Waals surface area contributed by atoms with Gasteiger partial charge in [0.15, 0.2) is 5.17 Å². The summed E-state index contributed by atoms with van der Waals surface area (Å²) < 4.78 is 0. The topological polar surface area (TPSA) is 49.1 Å². The van der Waals surface area contributed by atoms with Crippen molar-refractivity contribution in [3.63, 3.8) is 0 Å². The first kappa shape index (κ1) is 14.1. The summed E-state index contributed by atoms with van der Waals surface area (Å²) in [6.07, 6.45) is 1.17. The Kier molecular flexibility index (Phi) is 5.39. The number of nitrogens with one attached hydrogen (secondary N) is 1. The highest BCUT2D eigenvalue weighted by Gasteiger charge is 2.13. The Morgan fingerprint density at radius 1 is 1.37 bits per heavy atom. The predicted octanol–water partition coefficient (Wildman–Crippen LogP) is 3.55. The third-order valence-electron chi connectivity index (χ3n) is 2.75. The van der Waals surface area contributed by atoms with E-state index in [0.29, 0.717) is 0 Å². The van der Waals surface area contributed by atoms with Crippen molar-refractivity contribution in [3.05, 3.63) is 29.8 Å². The molecular formula is C14H20N4S. The lowest BCUT2D eigenvalue weighted by molar-refractivity contribution is 0.611. The normalized spacial score (nSPS) is 19.3. The van der Waals surface area contributed by atoms with E-state index in [1.54, 1.807) is 11.8 Å². The summed E-state index contributed by atoms with van der Waals surface area (Å²) >= 11 is 1.78. The molecule has 1 aromatic rings. The molecule has 0 bridgehead atoms. The molecule has 0 spiro atoms. The quantitative estimate of drug-likeness (QED) is 0.855. The molecule has 0 saturated heterocycles. The maximum atomic E-state index is 4.49. The highest BCUT2D eigenvalue weighted by atomic mass is 32.2. The van der Waals surface area contributed by atoms with Crippen LogP contribution < -0.4 is 5.32 Å². The molecule has 0 aliphatic carbocycles. The molecule has 1 aliphatic heterocycles. The second-order valence-corrected chi connectivity index (χ2v) is 5.66. The third kappa shape index (κ3) is 4.67. The summed E-state index contributed by atoms with van der Waals surface area (Å²) in [5, 5.41) is 13.0. The summed E-state index contributed by atoms with van der Waals surface area (Å²) in [5.41, 5.74) is 2.14. The zero-order valence-electron chi connectivity index (χ0n) is 11.5. The van der Waals surface area contributed by atoms with Crippen LogP contribution in [-0.2, 0) is 0 Å². The van der Waals surface area contributed by atoms with E-state index in [9.17, 15) is 0 Å². The molecule has 4 nitrogen and oxygen atoms in total. The monoisotopic (exact) mass is 276 g/mol. The van der Waals surface area contributed by atoms with Crippen LogP contribution in [0.3, 0.4) is 0 Å². The first-order chi connectivity index (χ1) is 9.28. The second kappa shape index (κ2) is 7.28. The first-order valence-electron chi connectivity index (χ1n) is 6.66. The lowest BCUT2D eigenvalue weighted by Crippen LogP contribution is -2.36. The van der Waals surface area contributed by atoms with Crippen molar-refractivity contribution < 1.29 is 0 Å². The van der Waals surface area contributed by atoms with Gasteiger partial charge in [0.2, 0.25) is 0 Å². The molecule has 19 heavy (non-hydrogen) atoms. The number of hydrogen-bond acceptors (Lipinski definition) is 5. The zero-order valence-corrected chi connectivity index (χ0v) is 12.3. The van der Waals surface area contributed by atoms with Crippen LogP contribution in [0.4, 0.5) is 5.69 Å². The van der Waals surface area contributed by atoms with Crippen molar-refractivity contribution in [1.29, 1.82) is 0 Å². The van der Waals surface area contributed by atoms with Crippen LogP contribution in [0, 0.1) is 6.92 Å². The Hall–Kier alpha value is -1.36. The molecule has 1 unspecified atom stereocenters. The Morgan fingerprint density at radius 3 is 2.79 bits per heavy atom. The highest BCUT2D eigenvalue weighted by Crippen LogP contribution is 2.15. The second-order valence-electron chi connectivity index (χ2n) is 4.58. The molecule has 1 aromatic carbocycles. The lowest BCUT2D eigenvalue weighted by atomic mass is 10.2. The number of amidine groups is 1. The van der Waals surface area contributed by atoms with Crippen molar-refractivity contribution in [2.75, 3.05) is 18.8 Å². The van der Waals surface area contributed by atoms with Gasteiger partial charge < -0.3 is 5.32 Å². The molecule has 1 aliphatic rings. The minimum atomic E-state index is 0.146. The van der Waals surface area contributed by atoms with E-state index in [-0.39, 0.29) is 6.04 Å². The van der Waals surface area contributed by atoms with Gasteiger partial charge in [0, 0.05) is 12.3 Å². The van der Waals surface area contributed by atoms with Crippen LogP contribution in [0.1, 0.15) is 18.9 Å². The molecule has 0 saturated carbocycles. The number of nitrogens with zero attached hydrogens (tertiary/aromatic N) is 3. The molecule has 0 aromatic heterocycles. The van der Waals surface area contributed by atoms with Crippen LogP contribution in [0.25, 0.3) is 0 Å². The molecule has 0 amide bonds. The van der Waals surface area contributed by atoms with Crippen molar-refractivity contribution in [3.8, 4) is 0 Å². The Bertz CT molecular complexity index is 453. The number of azo groups is 1. The van der Waals surface area contributed by atoms with Crippen LogP contribution >= 0.6 is 11.8 Å². The minimum absolute atomic E-state index is 0.146.